The van der Waals surface area contributed by atoms with Crippen LogP contribution in [0.1, 0.15) is 18.1 Å². The Bertz CT molecular complexity index is 837. The van der Waals surface area contributed by atoms with E-state index in [1.54, 1.807) is 19.2 Å². The monoisotopic (exact) mass is 348 g/mol. The van der Waals surface area contributed by atoms with Crippen molar-refractivity contribution in [2.75, 3.05) is 7.11 Å². The van der Waals surface area contributed by atoms with Gasteiger partial charge in [-0.3, -0.25) is 0 Å². The third kappa shape index (κ3) is 3.56. The van der Waals surface area contributed by atoms with E-state index < -0.39 is 11.6 Å². The summed E-state index contributed by atoms with van der Waals surface area (Å²) in [6.45, 7) is 1.86. The minimum Gasteiger partial charge on any atom is -0.497 e. The number of ether oxygens (including phenoxy) is 1. The Kier molecular flexibility index (Phi) is 4.80. The first-order chi connectivity index (χ1) is 11.6. The second kappa shape index (κ2) is 7.00. The molecule has 1 aromatic heterocycles. The molecule has 0 aliphatic heterocycles. The zero-order valence-corrected chi connectivity index (χ0v) is 13.8. The molecule has 0 fully saturated rings. The molecule has 2 aromatic carbocycles. The van der Waals surface area contributed by atoms with Gasteiger partial charge in [0.1, 0.15) is 5.75 Å². The molecule has 4 nitrogen and oxygen atoms in total. The summed E-state index contributed by atoms with van der Waals surface area (Å²) in [6.07, 6.45) is 0. The van der Waals surface area contributed by atoms with Gasteiger partial charge in [0, 0.05) is 10.5 Å². The highest BCUT2D eigenvalue weighted by atomic mass is 32.2. The van der Waals surface area contributed by atoms with Gasteiger partial charge >= 0.3 is 0 Å². The van der Waals surface area contributed by atoms with Gasteiger partial charge in [0.2, 0.25) is 11.8 Å². The smallest absolute Gasteiger partial charge is 0.247 e. The number of rotatable bonds is 5. The molecule has 3 rings (SSSR count). The number of nitrogens with zero attached hydrogens (tertiary/aromatic N) is 2. The predicted octanol–water partition coefficient (Wildman–Crippen LogP) is 4.88. The van der Waals surface area contributed by atoms with Crippen molar-refractivity contribution in [3.63, 3.8) is 0 Å². The summed E-state index contributed by atoms with van der Waals surface area (Å²) in [7, 11) is 1.59. The first-order valence-electron chi connectivity index (χ1n) is 7.16. The summed E-state index contributed by atoms with van der Waals surface area (Å²) in [4.78, 5) is 0.589. The average molecular weight is 348 g/mol. The molecule has 0 saturated carbocycles. The normalized spacial score (nSPS) is 12.2. The van der Waals surface area contributed by atoms with Crippen LogP contribution >= 0.6 is 11.8 Å². The molecule has 0 saturated heterocycles. The molecule has 0 spiro atoms. The van der Waals surface area contributed by atoms with E-state index in [0.29, 0.717) is 16.7 Å². The summed E-state index contributed by atoms with van der Waals surface area (Å²) in [5.41, 5.74) is 0.777. The van der Waals surface area contributed by atoms with Crippen molar-refractivity contribution >= 4 is 11.8 Å². The van der Waals surface area contributed by atoms with E-state index >= 15 is 0 Å². The van der Waals surface area contributed by atoms with E-state index in [4.69, 9.17) is 9.15 Å². The second-order valence-corrected chi connectivity index (χ2v) is 6.42. The standard InChI is InChI=1S/C17H14F2N2O2S/c1-10(24-13-7-8-14(18)15(19)9-13)16-20-21-17(23-16)11-3-5-12(22-2)6-4-11/h3-10H,1-2H3/t10-/m0/s1. The van der Waals surface area contributed by atoms with Crippen molar-refractivity contribution in [3.05, 3.63) is 60.0 Å². The largest absolute Gasteiger partial charge is 0.497 e. The summed E-state index contributed by atoms with van der Waals surface area (Å²) < 4.78 is 37.0. The van der Waals surface area contributed by atoms with Gasteiger partial charge in [-0.25, -0.2) is 8.78 Å². The molecule has 3 aromatic rings. The van der Waals surface area contributed by atoms with Crippen LogP contribution in [0, 0.1) is 11.6 Å². The maximum absolute atomic E-state index is 13.3. The first kappa shape index (κ1) is 16.4. The summed E-state index contributed by atoms with van der Waals surface area (Å²) in [5, 5.41) is 7.87. The van der Waals surface area contributed by atoms with Crippen molar-refractivity contribution in [2.45, 2.75) is 17.1 Å². The Hall–Kier alpha value is -2.41. The van der Waals surface area contributed by atoms with Crippen molar-refractivity contribution in [3.8, 4) is 17.2 Å². The summed E-state index contributed by atoms with van der Waals surface area (Å²) >= 11 is 1.31. The highest BCUT2D eigenvalue weighted by molar-refractivity contribution is 7.99. The SMILES string of the molecule is COc1ccc(-c2nnc([C@H](C)Sc3ccc(F)c(F)c3)o2)cc1. The lowest BCUT2D eigenvalue weighted by Crippen LogP contribution is -1.90. The molecule has 0 bridgehead atoms. The fraction of sp³-hybridized carbons (Fsp3) is 0.176. The number of hydrogen-bond donors (Lipinski definition) is 0. The number of thioether (sulfide) groups is 1. The average Bonchev–Trinajstić information content (AvgIpc) is 3.08. The van der Waals surface area contributed by atoms with Gasteiger partial charge in [-0.15, -0.1) is 22.0 Å². The minimum atomic E-state index is -0.878. The van der Waals surface area contributed by atoms with Crippen LogP contribution in [0.4, 0.5) is 8.78 Å². The molecule has 1 atom stereocenters. The van der Waals surface area contributed by atoms with E-state index in [2.05, 4.69) is 10.2 Å². The Morgan fingerprint density at radius 3 is 2.46 bits per heavy atom. The summed E-state index contributed by atoms with van der Waals surface area (Å²) in [5.74, 6) is -0.204. The van der Waals surface area contributed by atoms with Crippen LogP contribution < -0.4 is 4.74 Å². The molecule has 7 heteroatoms. The lowest BCUT2D eigenvalue weighted by Gasteiger charge is -2.06. The zero-order valence-electron chi connectivity index (χ0n) is 13.0. The molecule has 1 heterocycles. The fourth-order valence-electron chi connectivity index (χ4n) is 2.05. The molecule has 0 aliphatic rings. The lowest BCUT2D eigenvalue weighted by atomic mass is 10.2. The van der Waals surface area contributed by atoms with Crippen LogP contribution in [0.2, 0.25) is 0 Å². The van der Waals surface area contributed by atoms with Gasteiger partial charge in [0.05, 0.1) is 12.4 Å². The molecule has 0 N–H and O–H groups in total. The van der Waals surface area contributed by atoms with E-state index in [9.17, 15) is 8.78 Å². The molecule has 0 radical (unpaired) electrons. The van der Waals surface area contributed by atoms with Crippen LogP contribution in [0.15, 0.2) is 51.8 Å². The van der Waals surface area contributed by atoms with Crippen molar-refractivity contribution in [1.82, 2.24) is 10.2 Å². The van der Waals surface area contributed by atoms with E-state index in [1.807, 2.05) is 19.1 Å². The zero-order chi connectivity index (χ0) is 17.1. The number of aromatic nitrogens is 2. The topological polar surface area (TPSA) is 48.2 Å². The van der Waals surface area contributed by atoms with Crippen LogP contribution in [-0.4, -0.2) is 17.3 Å². The maximum atomic E-state index is 13.3. The number of benzene rings is 2. The predicted molar refractivity (Wildman–Crippen MR) is 86.9 cm³/mol. The van der Waals surface area contributed by atoms with Crippen LogP contribution in [-0.2, 0) is 0 Å². The third-order valence-electron chi connectivity index (χ3n) is 3.33. The number of methoxy groups -OCH3 is 1. The van der Waals surface area contributed by atoms with Crippen LogP contribution in [0.3, 0.4) is 0 Å². The van der Waals surface area contributed by atoms with Crippen LogP contribution in [0.25, 0.3) is 11.5 Å². The minimum absolute atomic E-state index is 0.200. The third-order valence-corrected chi connectivity index (χ3v) is 4.41. The summed E-state index contributed by atoms with van der Waals surface area (Å²) in [6, 6.07) is 11.0. The number of halogens is 2. The van der Waals surface area contributed by atoms with Gasteiger partial charge in [0.15, 0.2) is 11.6 Å². The van der Waals surface area contributed by atoms with Crippen molar-refractivity contribution in [2.24, 2.45) is 0 Å². The van der Waals surface area contributed by atoms with Crippen LogP contribution in [0.5, 0.6) is 5.75 Å². The van der Waals surface area contributed by atoms with Gasteiger partial charge in [0.25, 0.3) is 0 Å². The lowest BCUT2D eigenvalue weighted by molar-refractivity contribution is 0.415. The maximum Gasteiger partial charge on any atom is 0.247 e. The second-order valence-electron chi connectivity index (χ2n) is 5.01. The molecule has 24 heavy (non-hydrogen) atoms. The Labute approximate surface area is 141 Å². The molecular formula is C17H14F2N2O2S. The van der Waals surface area contributed by atoms with Crippen molar-refractivity contribution in [1.29, 1.82) is 0 Å². The highest BCUT2D eigenvalue weighted by Gasteiger charge is 2.17. The first-order valence-corrected chi connectivity index (χ1v) is 8.04. The van der Waals surface area contributed by atoms with Crippen molar-refractivity contribution < 1.29 is 17.9 Å². The Balaban J connectivity index is 1.75. The van der Waals surface area contributed by atoms with Gasteiger partial charge in [-0.1, -0.05) is 0 Å². The molecule has 0 aliphatic carbocycles. The Morgan fingerprint density at radius 2 is 1.79 bits per heavy atom. The van der Waals surface area contributed by atoms with Gasteiger partial charge < -0.3 is 9.15 Å². The van der Waals surface area contributed by atoms with E-state index in [0.717, 1.165) is 23.4 Å². The quantitative estimate of drug-likeness (QED) is 0.615. The fourth-order valence-corrected chi connectivity index (χ4v) is 2.98. The molecule has 0 unspecified atom stereocenters. The molecule has 124 valence electrons. The van der Waals surface area contributed by atoms with E-state index in [1.165, 1.54) is 17.8 Å². The highest BCUT2D eigenvalue weighted by Crippen LogP contribution is 2.35. The number of hydrogen-bond acceptors (Lipinski definition) is 5. The Morgan fingerprint density at radius 1 is 1.04 bits per heavy atom. The van der Waals surface area contributed by atoms with Gasteiger partial charge in [-0.2, -0.15) is 0 Å². The molecular weight excluding hydrogens is 334 g/mol. The van der Waals surface area contributed by atoms with E-state index in [-0.39, 0.29) is 5.25 Å². The van der Waals surface area contributed by atoms with Gasteiger partial charge in [-0.05, 0) is 49.4 Å². The molecule has 0 amide bonds.